The predicted molar refractivity (Wildman–Crippen MR) is 83.1 cm³/mol. The van der Waals surface area contributed by atoms with Crippen LogP contribution in [0, 0.1) is 11.3 Å². The summed E-state index contributed by atoms with van der Waals surface area (Å²) < 4.78 is 11.2. The highest BCUT2D eigenvalue weighted by Gasteiger charge is 2.07. The molecule has 1 rings (SSSR count). The van der Waals surface area contributed by atoms with Crippen LogP contribution < -0.4 is 10.1 Å². The Labute approximate surface area is 137 Å². The van der Waals surface area contributed by atoms with Crippen molar-refractivity contribution >= 4 is 27.8 Å². The molecule has 0 bridgehead atoms. The van der Waals surface area contributed by atoms with Gasteiger partial charge in [0, 0.05) is 17.4 Å². The number of benzene rings is 1. The van der Waals surface area contributed by atoms with Crippen molar-refractivity contribution in [3.05, 3.63) is 28.7 Å². The van der Waals surface area contributed by atoms with Gasteiger partial charge in [0.05, 0.1) is 19.1 Å². The van der Waals surface area contributed by atoms with E-state index in [0.717, 1.165) is 10.2 Å². The van der Waals surface area contributed by atoms with Gasteiger partial charge in [0.25, 0.3) is 5.91 Å². The highest BCUT2D eigenvalue weighted by molar-refractivity contribution is 9.10. The fourth-order valence-electron chi connectivity index (χ4n) is 1.46. The molecule has 0 saturated carbocycles. The van der Waals surface area contributed by atoms with Crippen LogP contribution in [0.15, 0.2) is 28.7 Å². The second kappa shape index (κ2) is 10.6. The molecule has 0 unspecified atom stereocenters. The number of nitriles is 1. The van der Waals surface area contributed by atoms with Crippen molar-refractivity contribution in [1.82, 2.24) is 5.32 Å². The minimum atomic E-state index is -0.449. The van der Waals surface area contributed by atoms with Gasteiger partial charge in [-0.25, -0.2) is 0 Å². The molecular formula is C15H17BrN2O4. The molecule has 1 aromatic carbocycles. The number of nitrogens with one attached hydrogen (secondary N) is 1. The minimum absolute atomic E-state index is 0.183. The van der Waals surface area contributed by atoms with Gasteiger partial charge in [-0.15, -0.1) is 0 Å². The SMILES string of the molecule is N#CCCNC(=O)COC(=O)CCCOc1ccc(Br)cc1. The van der Waals surface area contributed by atoms with E-state index in [4.69, 9.17) is 14.7 Å². The molecular weight excluding hydrogens is 352 g/mol. The molecule has 0 spiro atoms. The van der Waals surface area contributed by atoms with Crippen molar-refractivity contribution in [3.63, 3.8) is 0 Å². The lowest BCUT2D eigenvalue weighted by Gasteiger charge is -2.07. The van der Waals surface area contributed by atoms with E-state index in [1.54, 1.807) is 0 Å². The first kappa shape index (κ1) is 18.0. The summed E-state index contributed by atoms with van der Waals surface area (Å²) in [4.78, 5) is 22.7. The van der Waals surface area contributed by atoms with Gasteiger partial charge in [-0.05, 0) is 30.7 Å². The summed E-state index contributed by atoms with van der Waals surface area (Å²) in [5, 5.41) is 10.8. The summed E-state index contributed by atoms with van der Waals surface area (Å²) in [6.07, 6.45) is 0.917. The quantitative estimate of drug-likeness (QED) is 0.533. The average molecular weight is 369 g/mol. The number of carbonyl (C=O) groups is 2. The molecule has 0 radical (unpaired) electrons. The van der Waals surface area contributed by atoms with Crippen LogP contribution in [0.25, 0.3) is 0 Å². The molecule has 6 nitrogen and oxygen atoms in total. The Kier molecular flexibility index (Phi) is 8.69. The Morgan fingerprint density at radius 1 is 1.27 bits per heavy atom. The topological polar surface area (TPSA) is 88.4 Å². The van der Waals surface area contributed by atoms with Gasteiger partial charge in [0.2, 0.25) is 0 Å². The normalized spacial score (nSPS) is 9.64. The van der Waals surface area contributed by atoms with Crippen LogP contribution in [0.4, 0.5) is 0 Å². The number of hydrogen-bond acceptors (Lipinski definition) is 5. The molecule has 0 atom stereocenters. The van der Waals surface area contributed by atoms with E-state index < -0.39 is 11.9 Å². The number of carbonyl (C=O) groups excluding carboxylic acids is 2. The lowest BCUT2D eigenvalue weighted by Crippen LogP contribution is -2.29. The minimum Gasteiger partial charge on any atom is -0.494 e. The van der Waals surface area contributed by atoms with Crippen molar-refractivity contribution in [2.24, 2.45) is 0 Å². The summed E-state index contributed by atoms with van der Waals surface area (Å²) in [6, 6.07) is 9.29. The van der Waals surface area contributed by atoms with Gasteiger partial charge >= 0.3 is 5.97 Å². The Bertz CT molecular complexity index is 525. The van der Waals surface area contributed by atoms with Crippen molar-refractivity contribution in [2.75, 3.05) is 19.8 Å². The Morgan fingerprint density at radius 3 is 2.68 bits per heavy atom. The van der Waals surface area contributed by atoms with Crippen molar-refractivity contribution in [3.8, 4) is 11.8 Å². The van der Waals surface area contributed by atoms with E-state index in [1.807, 2.05) is 30.3 Å². The smallest absolute Gasteiger partial charge is 0.306 e. The summed E-state index contributed by atoms with van der Waals surface area (Å²) in [5.41, 5.74) is 0. The van der Waals surface area contributed by atoms with Crippen LogP contribution in [0.3, 0.4) is 0 Å². The molecule has 0 aliphatic heterocycles. The van der Waals surface area contributed by atoms with E-state index in [-0.39, 0.29) is 26.0 Å². The molecule has 1 N–H and O–H groups in total. The Balaban J connectivity index is 2.07. The van der Waals surface area contributed by atoms with Gasteiger partial charge < -0.3 is 14.8 Å². The van der Waals surface area contributed by atoms with Crippen molar-refractivity contribution in [2.45, 2.75) is 19.3 Å². The van der Waals surface area contributed by atoms with Gasteiger partial charge in [-0.3, -0.25) is 9.59 Å². The fourth-order valence-corrected chi connectivity index (χ4v) is 1.73. The standard InChI is InChI=1S/C15H17BrN2O4/c16-12-4-6-13(7-5-12)21-10-1-3-15(20)22-11-14(19)18-9-2-8-17/h4-7H,1-3,9-11H2,(H,18,19). The maximum atomic E-state index is 11.4. The molecule has 0 aromatic heterocycles. The van der Waals surface area contributed by atoms with E-state index in [1.165, 1.54) is 0 Å². The summed E-state index contributed by atoms with van der Waals surface area (Å²) >= 11 is 3.33. The molecule has 0 aliphatic carbocycles. The summed E-state index contributed by atoms with van der Waals surface area (Å²) in [6.45, 7) is 0.330. The van der Waals surface area contributed by atoms with Gasteiger partial charge in [0.15, 0.2) is 6.61 Å². The van der Waals surface area contributed by atoms with Crippen LogP contribution in [-0.2, 0) is 14.3 Å². The first-order chi connectivity index (χ1) is 10.6. The first-order valence-electron chi connectivity index (χ1n) is 6.79. The third kappa shape index (κ3) is 8.27. The van der Waals surface area contributed by atoms with Crippen LogP contribution in [0.5, 0.6) is 5.75 Å². The third-order valence-electron chi connectivity index (χ3n) is 2.53. The van der Waals surface area contributed by atoms with Crippen LogP contribution in [0.1, 0.15) is 19.3 Å². The molecule has 7 heteroatoms. The Morgan fingerprint density at radius 2 is 2.00 bits per heavy atom. The van der Waals surface area contributed by atoms with Gasteiger partial charge in [0.1, 0.15) is 5.75 Å². The molecule has 1 aromatic rings. The zero-order valence-electron chi connectivity index (χ0n) is 12.0. The second-order valence-corrected chi connectivity index (χ2v) is 5.24. The van der Waals surface area contributed by atoms with E-state index in [2.05, 4.69) is 21.2 Å². The molecule has 0 saturated heterocycles. The molecule has 0 fully saturated rings. The maximum Gasteiger partial charge on any atom is 0.306 e. The van der Waals surface area contributed by atoms with Crippen molar-refractivity contribution in [1.29, 1.82) is 5.26 Å². The van der Waals surface area contributed by atoms with Gasteiger partial charge in [-0.2, -0.15) is 5.26 Å². The maximum absolute atomic E-state index is 11.4. The number of hydrogen-bond donors (Lipinski definition) is 1. The number of nitrogens with zero attached hydrogens (tertiary/aromatic N) is 1. The molecule has 0 heterocycles. The highest BCUT2D eigenvalue weighted by atomic mass is 79.9. The summed E-state index contributed by atoms with van der Waals surface area (Å²) in [7, 11) is 0. The highest BCUT2D eigenvalue weighted by Crippen LogP contribution is 2.16. The van der Waals surface area contributed by atoms with E-state index in [9.17, 15) is 9.59 Å². The second-order valence-electron chi connectivity index (χ2n) is 4.32. The van der Waals surface area contributed by atoms with Crippen molar-refractivity contribution < 1.29 is 19.1 Å². The molecule has 118 valence electrons. The zero-order chi connectivity index (χ0) is 16.2. The van der Waals surface area contributed by atoms with E-state index in [0.29, 0.717) is 13.0 Å². The largest absolute Gasteiger partial charge is 0.494 e. The van der Waals surface area contributed by atoms with Crippen LogP contribution in [0.2, 0.25) is 0 Å². The van der Waals surface area contributed by atoms with E-state index >= 15 is 0 Å². The number of esters is 1. The monoisotopic (exact) mass is 368 g/mol. The fraction of sp³-hybridized carbons (Fsp3) is 0.400. The number of ether oxygens (including phenoxy) is 2. The number of amides is 1. The number of halogens is 1. The average Bonchev–Trinajstić information content (AvgIpc) is 2.51. The number of rotatable bonds is 9. The predicted octanol–water partition coefficient (Wildman–Crippen LogP) is 2.18. The first-order valence-corrected chi connectivity index (χ1v) is 7.59. The molecule has 22 heavy (non-hydrogen) atoms. The zero-order valence-corrected chi connectivity index (χ0v) is 13.6. The Hall–Kier alpha value is -2.07. The lowest BCUT2D eigenvalue weighted by molar-refractivity contribution is -0.148. The van der Waals surface area contributed by atoms with Crippen LogP contribution in [-0.4, -0.2) is 31.6 Å². The molecule has 0 aliphatic rings. The lowest BCUT2D eigenvalue weighted by atomic mass is 10.3. The van der Waals surface area contributed by atoms with Gasteiger partial charge in [-0.1, -0.05) is 15.9 Å². The summed E-state index contributed by atoms with van der Waals surface area (Å²) in [5.74, 6) is -0.127. The molecule has 1 amide bonds. The van der Waals surface area contributed by atoms with Crippen LogP contribution >= 0.6 is 15.9 Å². The third-order valence-corrected chi connectivity index (χ3v) is 3.06.